The topological polar surface area (TPSA) is 29.1 Å². The normalized spacial score (nSPS) is 23.9. The SMILES string of the molecule is O=C(NCC1(c2ccccc2)CCC1)C1CC=CCC1. The van der Waals surface area contributed by atoms with E-state index in [0.29, 0.717) is 0 Å². The van der Waals surface area contributed by atoms with Crippen LogP contribution in [-0.2, 0) is 10.2 Å². The minimum absolute atomic E-state index is 0.188. The summed E-state index contributed by atoms with van der Waals surface area (Å²) in [6, 6.07) is 10.7. The number of carbonyl (C=O) groups is 1. The maximum absolute atomic E-state index is 12.3. The lowest BCUT2D eigenvalue weighted by molar-refractivity contribution is -0.125. The van der Waals surface area contributed by atoms with Gasteiger partial charge in [0.25, 0.3) is 0 Å². The summed E-state index contributed by atoms with van der Waals surface area (Å²) in [6.45, 7) is 0.802. The summed E-state index contributed by atoms with van der Waals surface area (Å²) in [4.78, 5) is 12.3. The summed E-state index contributed by atoms with van der Waals surface area (Å²) in [5.41, 5.74) is 1.58. The molecular formula is C18H23NO. The number of allylic oxidation sites excluding steroid dienone is 2. The minimum atomic E-state index is 0.188. The van der Waals surface area contributed by atoms with E-state index in [0.717, 1.165) is 25.8 Å². The van der Waals surface area contributed by atoms with Gasteiger partial charge in [0.15, 0.2) is 0 Å². The molecule has 1 fully saturated rings. The molecule has 1 unspecified atom stereocenters. The average Bonchev–Trinajstić information content (AvgIpc) is 2.48. The van der Waals surface area contributed by atoms with Crippen LogP contribution in [0.15, 0.2) is 42.5 Å². The summed E-state index contributed by atoms with van der Waals surface area (Å²) in [7, 11) is 0. The highest BCUT2D eigenvalue weighted by atomic mass is 16.1. The van der Waals surface area contributed by atoms with Gasteiger partial charge in [-0.05, 0) is 37.7 Å². The van der Waals surface area contributed by atoms with Crippen molar-refractivity contribution in [3.8, 4) is 0 Å². The maximum Gasteiger partial charge on any atom is 0.223 e. The van der Waals surface area contributed by atoms with Crippen LogP contribution >= 0.6 is 0 Å². The molecule has 1 N–H and O–H groups in total. The van der Waals surface area contributed by atoms with Crippen molar-refractivity contribution < 1.29 is 4.79 Å². The van der Waals surface area contributed by atoms with E-state index in [9.17, 15) is 4.79 Å². The van der Waals surface area contributed by atoms with Crippen LogP contribution in [0.3, 0.4) is 0 Å². The van der Waals surface area contributed by atoms with E-state index in [1.165, 1.54) is 24.8 Å². The van der Waals surface area contributed by atoms with Crippen LogP contribution in [0.25, 0.3) is 0 Å². The zero-order valence-corrected chi connectivity index (χ0v) is 12.0. The van der Waals surface area contributed by atoms with Crippen molar-refractivity contribution in [2.24, 2.45) is 5.92 Å². The van der Waals surface area contributed by atoms with Crippen molar-refractivity contribution in [3.63, 3.8) is 0 Å². The van der Waals surface area contributed by atoms with Gasteiger partial charge in [-0.1, -0.05) is 48.9 Å². The number of amides is 1. The molecule has 1 aromatic carbocycles. The number of carbonyl (C=O) groups excluding carboxylic acids is 1. The van der Waals surface area contributed by atoms with Gasteiger partial charge in [-0.2, -0.15) is 0 Å². The van der Waals surface area contributed by atoms with Gasteiger partial charge < -0.3 is 5.32 Å². The molecular weight excluding hydrogens is 246 g/mol. The Morgan fingerprint density at radius 1 is 1.20 bits per heavy atom. The average molecular weight is 269 g/mol. The van der Waals surface area contributed by atoms with Crippen molar-refractivity contribution in [2.75, 3.05) is 6.54 Å². The quantitative estimate of drug-likeness (QED) is 0.832. The third kappa shape index (κ3) is 2.65. The fourth-order valence-electron chi connectivity index (χ4n) is 3.40. The summed E-state index contributed by atoms with van der Waals surface area (Å²) >= 11 is 0. The van der Waals surface area contributed by atoms with Crippen LogP contribution < -0.4 is 5.32 Å². The highest BCUT2D eigenvalue weighted by Gasteiger charge is 2.39. The summed E-state index contributed by atoms with van der Waals surface area (Å²) in [5.74, 6) is 0.435. The maximum atomic E-state index is 12.3. The number of benzene rings is 1. The Balaban J connectivity index is 1.61. The van der Waals surface area contributed by atoms with E-state index in [1.54, 1.807) is 0 Å². The molecule has 0 aromatic heterocycles. The first kappa shape index (κ1) is 13.4. The second-order valence-electron chi connectivity index (χ2n) is 6.20. The summed E-state index contributed by atoms with van der Waals surface area (Å²) in [5, 5.41) is 3.22. The van der Waals surface area contributed by atoms with Gasteiger partial charge in [-0.15, -0.1) is 0 Å². The highest BCUT2D eigenvalue weighted by Crippen LogP contribution is 2.43. The van der Waals surface area contributed by atoms with E-state index in [-0.39, 0.29) is 17.2 Å². The highest BCUT2D eigenvalue weighted by molar-refractivity contribution is 5.79. The van der Waals surface area contributed by atoms with Gasteiger partial charge in [0.1, 0.15) is 0 Å². The van der Waals surface area contributed by atoms with Crippen LogP contribution in [0, 0.1) is 5.92 Å². The molecule has 0 radical (unpaired) electrons. The second kappa shape index (κ2) is 5.82. The van der Waals surface area contributed by atoms with Crippen molar-refractivity contribution >= 4 is 5.91 Å². The molecule has 106 valence electrons. The number of nitrogens with one attached hydrogen (secondary N) is 1. The van der Waals surface area contributed by atoms with Crippen molar-refractivity contribution in [2.45, 2.75) is 43.9 Å². The van der Waals surface area contributed by atoms with Crippen LogP contribution in [0.2, 0.25) is 0 Å². The van der Waals surface area contributed by atoms with E-state index in [2.05, 4.69) is 47.8 Å². The fraction of sp³-hybridized carbons (Fsp3) is 0.500. The van der Waals surface area contributed by atoms with Gasteiger partial charge in [0, 0.05) is 17.9 Å². The molecule has 0 saturated heterocycles. The van der Waals surface area contributed by atoms with Gasteiger partial charge in [0.05, 0.1) is 0 Å². The Hall–Kier alpha value is -1.57. The van der Waals surface area contributed by atoms with Gasteiger partial charge >= 0.3 is 0 Å². The van der Waals surface area contributed by atoms with E-state index < -0.39 is 0 Å². The molecule has 0 heterocycles. The van der Waals surface area contributed by atoms with Gasteiger partial charge in [0.2, 0.25) is 5.91 Å². The van der Waals surface area contributed by atoms with E-state index in [4.69, 9.17) is 0 Å². The van der Waals surface area contributed by atoms with E-state index in [1.807, 2.05) is 0 Å². The lowest BCUT2D eigenvalue weighted by atomic mass is 9.64. The molecule has 3 rings (SSSR count). The molecule has 2 nitrogen and oxygen atoms in total. The minimum Gasteiger partial charge on any atom is -0.355 e. The first-order chi connectivity index (χ1) is 9.80. The largest absolute Gasteiger partial charge is 0.355 e. The lowest BCUT2D eigenvalue weighted by Crippen LogP contribution is -2.47. The third-order valence-corrected chi connectivity index (χ3v) is 4.94. The fourth-order valence-corrected chi connectivity index (χ4v) is 3.40. The first-order valence-corrected chi connectivity index (χ1v) is 7.78. The predicted octanol–water partition coefficient (Wildman–Crippen LogP) is 3.58. The summed E-state index contributed by atoms with van der Waals surface area (Å²) < 4.78 is 0. The molecule has 1 amide bonds. The summed E-state index contributed by atoms with van der Waals surface area (Å²) in [6.07, 6.45) is 10.9. The van der Waals surface area contributed by atoms with Crippen molar-refractivity contribution in [1.29, 1.82) is 0 Å². The Kier molecular flexibility index (Phi) is 3.90. The molecule has 2 heteroatoms. The standard InChI is InChI=1S/C18H23NO/c20-17(15-8-3-1-4-9-15)19-14-18(12-7-13-18)16-10-5-2-6-11-16/h1-3,5-6,10-11,15H,4,7-9,12-14H2,(H,19,20). The smallest absolute Gasteiger partial charge is 0.223 e. The molecule has 1 atom stereocenters. The first-order valence-electron chi connectivity index (χ1n) is 7.78. The molecule has 0 aliphatic heterocycles. The predicted molar refractivity (Wildman–Crippen MR) is 81.5 cm³/mol. The second-order valence-corrected chi connectivity index (χ2v) is 6.20. The Morgan fingerprint density at radius 3 is 2.60 bits per heavy atom. The lowest BCUT2D eigenvalue weighted by Gasteiger charge is -2.43. The Labute approximate surface area is 121 Å². The van der Waals surface area contributed by atoms with Crippen LogP contribution in [0.1, 0.15) is 44.1 Å². The Bertz CT molecular complexity index is 487. The zero-order chi connectivity index (χ0) is 13.8. The molecule has 2 aliphatic carbocycles. The van der Waals surface area contributed by atoms with Crippen molar-refractivity contribution in [3.05, 3.63) is 48.0 Å². The molecule has 1 aromatic rings. The van der Waals surface area contributed by atoms with Crippen LogP contribution in [0.5, 0.6) is 0 Å². The van der Waals surface area contributed by atoms with E-state index >= 15 is 0 Å². The molecule has 1 saturated carbocycles. The molecule has 0 bridgehead atoms. The molecule has 2 aliphatic rings. The van der Waals surface area contributed by atoms with Gasteiger partial charge in [-0.3, -0.25) is 4.79 Å². The van der Waals surface area contributed by atoms with Gasteiger partial charge in [-0.25, -0.2) is 0 Å². The molecule has 20 heavy (non-hydrogen) atoms. The Morgan fingerprint density at radius 2 is 2.00 bits per heavy atom. The zero-order valence-electron chi connectivity index (χ0n) is 12.0. The van der Waals surface area contributed by atoms with Crippen LogP contribution in [0.4, 0.5) is 0 Å². The number of hydrogen-bond donors (Lipinski definition) is 1. The monoisotopic (exact) mass is 269 g/mol. The van der Waals surface area contributed by atoms with Crippen molar-refractivity contribution in [1.82, 2.24) is 5.32 Å². The number of hydrogen-bond acceptors (Lipinski definition) is 1. The molecule has 0 spiro atoms. The van der Waals surface area contributed by atoms with Crippen LogP contribution in [-0.4, -0.2) is 12.5 Å². The number of rotatable bonds is 4. The third-order valence-electron chi connectivity index (χ3n) is 4.94.